The van der Waals surface area contributed by atoms with Crippen molar-refractivity contribution in [3.8, 4) is 0 Å². The molecule has 2 unspecified atom stereocenters. The molecule has 0 fully saturated rings. The third-order valence-electron chi connectivity index (χ3n) is 2.78. The monoisotopic (exact) mass is 241 g/mol. The molecule has 0 saturated carbocycles. The highest BCUT2D eigenvalue weighted by molar-refractivity contribution is 7.98. The predicted octanol–water partition coefficient (Wildman–Crippen LogP) is 2.60. The van der Waals surface area contributed by atoms with Gasteiger partial charge in [0.25, 0.3) is 0 Å². The van der Waals surface area contributed by atoms with Gasteiger partial charge in [0.1, 0.15) is 0 Å². The summed E-state index contributed by atoms with van der Waals surface area (Å²) in [5, 5.41) is 7.89. The SMILES string of the molecule is CCC(NC(C)CCSC)c1cnn(C)c1. The molecule has 1 N–H and O–H groups in total. The molecule has 16 heavy (non-hydrogen) atoms. The van der Waals surface area contributed by atoms with Crippen molar-refractivity contribution in [3.63, 3.8) is 0 Å². The van der Waals surface area contributed by atoms with Gasteiger partial charge in [0, 0.05) is 30.9 Å². The normalized spacial score (nSPS) is 15.0. The molecule has 1 rings (SSSR count). The third kappa shape index (κ3) is 4.18. The number of aromatic nitrogens is 2. The number of rotatable bonds is 7. The highest BCUT2D eigenvalue weighted by Crippen LogP contribution is 2.17. The summed E-state index contributed by atoms with van der Waals surface area (Å²) in [6, 6.07) is 1.00. The second-order valence-corrected chi connectivity index (χ2v) is 5.24. The first-order valence-electron chi connectivity index (χ1n) is 5.90. The van der Waals surface area contributed by atoms with Crippen LogP contribution in [-0.4, -0.2) is 27.8 Å². The molecule has 1 aromatic heterocycles. The smallest absolute Gasteiger partial charge is 0.0537 e. The summed E-state index contributed by atoms with van der Waals surface area (Å²) in [5.74, 6) is 1.22. The van der Waals surface area contributed by atoms with E-state index >= 15 is 0 Å². The molecule has 0 radical (unpaired) electrons. The van der Waals surface area contributed by atoms with Crippen LogP contribution >= 0.6 is 11.8 Å². The van der Waals surface area contributed by atoms with Crippen molar-refractivity contribution in [2.75, 3.05) is 12.0 Å². The lowest BCUT2D eigenvalue weighted by Gasteiger charge is -2.21. The third-order valence-corrected chi connectivity index (χ3v) is 3.42. The molecule has 0 aliphatic heterocycles. The van der Waals surface area contributed by atoms with Crippen molar-refractivity contribution in [2.24, 2.45) is 7.05 Å². The Morgan fingerprint density at radius 1 is 1.56 bits per heavy atom. The van der Waals surface area contributed by atoms with E-state index in [4.69, 9.17) is 0 Å². The number of hydrogen-bond acceptors (Lipinski definition) is 3. The molecule has 2 atom stereocenters. The molecule has 92 valence electrons. The van der Waals surface area contributed by atoms with Crippen LogP contribution in [0.1, 0.15) is 38.3 Å². The zero-order valence-corrected chi connectivity index (χ0v) is 11.5. The van der Waals surface area contributed by atoms with E-state index in [0.717, 1.165) is 6.42 Å². The lowest BCUT2D eigenvalue weighted by atomic mass is 10.1. The fourth-order valence-corrected chi connectivity index (χ4v) is 2.38. The number of thioether (sulfide) groups is 1. The Kier molecular flexibility index (Phi) is 5.91. The molecule has 0 bridgehead atoms. The van der Waals surface area contributed by atoms with E-state index in [2.05, 4.69) is 36.7 Å². The van der Waals surface area contributed by atoms with Crippen LogP contribution in [0.15, 0.2) is 12.4 Å². The maximum atomic E-state index is 4.23. The van der Waals surface area contributed by atoms with Gasteiger partial charge in [0.2, 0.25) is 0 Å². The highest BCUT2D eigenvalue weighted by Gasteiger charge is 2.13. The number of hydrogen-bond donors (Lipinski definition) is 1. The maximum absolute atomic E-state index is 4.23. The second kappa shape index (κ2) is 6.97. The molecule has 1 aromatic rings. The minimum absolute atomic E-state index is 0.436. The topological polar surface area (TPSA) is 29.9 Å². The second-order valence-electron chi connectivity index (χ2n) is 4.26. The van der Waals surface area contributed by atoms with Crippen LogP contribution in [0.4, 0.5) is 0 Å². The molecule has 0 amide bonds. The first-order chi connectivity index (χ1) is 7.67. The predicted molar refractivity (Wildman–Crippen MR) is 71.8 cm³/mol. The van der Waals surface area contributed by atoms with Crippen LogP contribution in [0.3, 0.4) is 0 Å². The van der Waals surface area contributed by atoms with Crippen molar-refractivity contribution in [1.29, 1.82) is 0 Å². The summed E-state index contributed by atoms with van der Waals surface area (Å²) in [7, 11) is 1.97. The van der Waals surface area contributed by atoms with Crippen LogP contribution in [0.2, 0.25) is 0 Å². The van der Waals surface area contributed by atoms with E-state index in [-0.39, 0.29) is 0 Å². The van der Waals surface area contributed by atoms with Gasteiger partial charge in [-0.15, -0.1) is 0 Å². The molecule has 0 saturated heterocycles. The van der Waals surface area contributed by atoms with Crippen LogP contribution in [-0.2, 0) is 7.05 Å². The molecular formula is C12H23N3S. The standard InChI is InChI=1S/C12H23N3S/c1-5-12(11-8-13-15(3)9-11)14-10(2)6-7-16-4/h8-10,12,14H,5-7H2,1-4H3. The van der Waals surface area contributed by atoms with Crippen molar-refractivity contribution in [1.82, 2.24) is 15.1 Å². The van der Waals surface area contributed by atoms with Gasteiger partial charge in [-0.2, -0.15) is 16.9 Å². The van der Waals surface area contributed by atoms with E-state index in [1.165, 1.54) is 17.7 Å². The molecule has 0 aliphatic rings. The van der Waals surface area contributed by atoms with E-state index < -0.39 is 0 Å². The quantitative estimate of drug-likeness (QED) is 0.796. The Labute approximate surface area is 103 Å². The van der Waals surface area contributed by atoms with E-state index in [9.17, 15) is 0 Å². The average Bonchev–Trinajstić information content (AvgIpc) is 2.69. The van der Waals surface area contributed by atoms with Gasteiger partial charge in [-0.3, -0.25) is 4.68 Å². The fourth-order valence-electron chi connectivity index (χ4n) is 1.79. The Morgan fingerprint density at radius 3 is 2.81 bits per heavy atom. The van der Waals surface area contributed by atoms with Gasteiger partial charge in [-0.25, -0.2) is 0 Å². The summed E-state index contributed by atoms with van der Waals surface area (Å²) in [4.78, 5) is 0. The van der Waals surface area contributed by atoms with Gasteiger partial charge in [-0.1, -0.05) is 6.92 Å². The summed E-state index contributed by atoms with van der Waals surface area (Å²) >= 11 is 1.91. The minimum Gasteiger partial charge on any atom is -0.307 e. The molecule has 4 heteroatoms. The van der Waals surface area contributed by atoms with Crippen LogP contribution in [0.25, 0.3) is 0 Å². The number of nitrogens with one attached hydrogen (secondary N) is 1. The first-order valence-corrected chi connectivity index (χ1v) is 7.30. The van der Waals surface area contributed by atoms with Gasteiger partial charge in [-0.05, 0) is 31.8 Å². The van der Waals surface area contributed by atoms with Gasteiger partial charge in [0.05, 0.1) is 6.20 Å². The summed E-state index contributed by atoms with van der Waals surface area (Å²) < 4.78 is 1.87. The zero-order chi connectivity index (χ0) is 12.0. The van der Waals surface area contributed by atoms with Gasteiger partial charge in [0.15, 0.2) is 0 Å². The van der Waals surface area contributed by atoms with Crippen LogP contribution in [0, 0.1) is 0 Å². The van der Waals surface area contributed by atoms with Crippen molar-refractivity contribution in [2.45, 2.75) is 38.8 Å². The summed E-state index contributed by atoms with van der Waals surface area (Å²) in [6.07, 6.45) is 8.54. The van der Waals surface area contributed by atoms with E-state index in [1.54, 1.807) is 0 Å². The maximum Gasteiger partial charge on any atom is 0.0537 e. The van der Waals surface area contributed by atoms with Crippen LogP contribution < -0.4 is 5.32 Å². The Hall–Kier alpha value is -0.480. The minimum atomic E-state index is 0.436. The summed E-state index contributed by atoms with van der Waals surface area (Å²) in [5.41, 5.74) is 1.29. The van der Waals surface area contributed by atoms with Crippen molar-refractivity contribution in [3.05, 3.63) is 18.0 Å². The highest BCUT2D eigenvalue weighted by atomic mass is 32.2. The lowest BCUT2D eigenvalue weighted by molar-refractivity contribution is 0.439. The molecule has 0 aromatic carbocycles. The van der Waals surface area contributed by atoms with Crippen molar-refractivity contribution < 1.29 is 0 Å². The Bertz CT molecular complexity index is 298. The van der Waals surface area contributed by atoms with E-state index in [1.807, 2.05) is 29.7 Å². The molecule has 1 heterocycles. The van der Waals surface area contributed by atoms with Gasteiger partial charge < -0.3 is 5.32 Å². The fraction of sp³-hybridized carbons (Fsp3) is 0.750. The molecule has 0 aliphatic carbocycles. The Balaban J connectivity index is 2.48. The molecule has 3 nitrogen and oxygen atoms in total. The first kappa shape index (κ1) is 13.6. The number of aryl methyl sites for hydroxylation is 1. The number of nitrogens with zero attached hydrogens (tertiary/aromatic N) is 2. The average molecular weight is 241 g/mol. The zero-order valence-electron chi connectivity index (χ0n) is 10.7. The largest absolute Gasteiger partial charge is 0.307 e. The Morgan fingerprint density at radius 2 is 2.31 bits per heavy atom. The molecule has 0 spiro atoms. The molecular weight excluding hydrogens is 218 g/mol. The lowest BCUT2D eigenvalue weighted by Crippen LogP contribution is -2.30. The van der Waals surface area contributed by atoms with Gasteiger partial charge >= 0.3 is 0 Å². The van der Waals surface area contributed by atoms with Crippen LogP contribution in [0.5, 0.6) is 0 Å². The summed E-state index contributed by atoms with van der Waals surface area (Å²) in [6.45, 7) is 4.47. The van der Waals surface area contributed by atoms with Crippen molar-refractivity contribution >= 4 is 11.8 Å². The van der Waals surface area contributed by atoms with E-state index in [0.29, 0.717) is 12.1 Å².